The SMILES string of the molecule is Cc1cc([N+](=O)[O-])cnc1Oc1ccc(Br)cc1F. The van der Waals surface area contributed by atoms with Gasteiger partial charge in [0.25, 0.3) is 5.69 Å². The average Bonchev–Trinajstić information content (AvgIpc) is 2.34. The van der Waals surface area contributed by atoms with E-state index in [1.165, 1.54) is 18.2 Å². The predicted molar refractivity (Wildman–Crippen MR) is 69.8 cm³/mol. The minimum Gasteiger partial charge on any atom is -0.436 e. The van der Waals surface area contributed by atoms with Gasteiger partial charge < -0.3 is 4.74 Å². The summed E-state index contributed by atoms with van der Waals surface area (Å²) in [7, 11) is 0. The zero-order valence-electron chi connectivity index (χ0n) is 9.76. The van der Waals surface area contributed by atoms with Crippen molar-refractivity contribution in [1.29, 1.82) is 0 Å². The smallest absolute Gasteiger partial charge is 0.288 e. The number of aromatic nitrogens is 1. The Morgan fingerprint density at radius 2 is 2.16 bits per heavy atom. The monoisotopic (exact) mass is 326 g/mol. The van der Waals surface area contributed by atoms with Crippen LogP contribution in [0, 0.1) is 22.9 Å². The molecule has 1 heterocycles. The lowest BCUT2D eigenvalue weighted by molar-refractivity contribution is -0.385. The second-order valence-electron chi connectivity index (χ2n) is 3.75. The first-order valence-corrected chi connectivity index (χ1v) is 6.00. The largest absolute Gasteiger partial charge is 0.436 e. The van der Waals surface area contributed by atoms with E-state index in [4.69, 9.17) is 4.74 Å². The maximum atomic E-state index is 13.6. The molecule has 7 heteroatoms. The summed E-state index contributed by atoms with van der Waals surface area (Å²) in [4.78, 5) is 13.8. The van der Waals surface area contributed by atoms with Crippen molar-refractivity contribution in [1.82, 2.24) is 4.98 Å². The molecule has 0 N–H and O–H groups in total. The van der Waals surface area contributed by atoms with Gasteiger partial charge in [0.15, 0.2) is 11.6 Å². The van der Waals surface area contributed by atoms with Crippen LogP contribution in [0.5, 0.6) is 11.6 Å². The van der Waals surface area contributed by atoms with Crippen molar-refractivity contribution >= 4 is 21.6 Å². The lowest BCUT2D eigenvalue weighted by Gasteiger charge is -2.08. The molecule has 0 saturated carbocycles. The summed E-state index contributed by atoms with van der Waals surface area (Å²) >= 11 is 3.14. The average molecular weight is 327 g/mol. The van der Waals surface area contributed by atoms with Gasteiger partial charge in [-0.3, -0.25) is 10.1 Å². The molecular weight excluding hydrogens is 319 g/mol. The molecule has 0 unspecified atom stereocenters. The number of ether oxygens (including phenoxy) is 1. The van der Waals surface area contributed by atoms with E-state index < -0.39 is 10.7 Å². The van der Waals surface area contributed by atoms with E-state index in [1.54, 1.807) is 13.0 Å². The fraction of sp³-hybridized carbons (Fsp3) is 0.0833. The van der Waals surface area contributed by atoms with Crippen LogP contribution in [0.4, 0.5) is 10.1 Å². The Hall–Kier alpha value is -2.02. The summed E-state index contributed by atoms with van der Waals surface area (Å²) in [5.74, 6) is -0.409. The molecular formula is C12H8BrFN2O3. The highest BCUT2D eigenvalue weighted by atomic mass is 79.9. The van der Waals surface area contributed by atoms with Gasteiger partial charge in [0, 0.05) is 16.1 Å². The highest BCUT2D eigenvalue weighted by Gasteiger charge is 2.12. The van der Waals surface area contributed by atoms with Crippen molar-refractivity contribution in [2.24, 2.45) is 0 Å². The molecule has 2 rings (SSSR count). The Morgan fingerprint density at radius 1 is 1.42 bits per heavy atom. The van der Waals surface area contributed by atoms with Crippen molar-refractivity contribution in [3.8, 4) is 11.6 Å². The number of hydrogen-bond acceptors (Lipinski definition) is 4. The van der Waals surface area contributed by atoms with Crippen molar-refractivity contribution in [2.75, 3.05) is 0 Å². The summed E-state index contributed by atoms with van der Waals surface area (Å²) in [6.45, 7) is 1.60. The molecule has 0 spiro atoms. The van der Waals surface area contributed by atoms with Gasteiger partial charge in [0.1, 0.15) is 6.20 Å². The Bertz CT molecular complexity index is 649. The molecule has 1 aromatic carbocycles. The molecule has 2 aromatic rings. The first-order valence-electron chi connectivity index (χ1n) is 5.21. The maximum absolute atomic E-state index is 13.6. The van der Waals surface area contributed by atoms with Crippen molar-refractivity contribution in [2.45, 2.75) is 6.92 Å². The highest BCUT2D eigenvalue weighted by molar-refractivity contribution is 9.10. The van der Waals surface area contributed by atoms with E-state index in [9.17, 15) is 14.5 Å². The third-order valence-corrected chi connectivity index (χ3v) is 2.82. The lowest BCUT2D eigenvalue weighted by Crippen LogP contribution is -1.96. The molecule has 0 aliphatic heterocycles. The third kappa shape index (κ3) is 3.05. The first-order chi connectivity index (χ1) is 8.97. The van der Waals surface area contributed by atoms with Crippen LogP contribution in [0.15, 0.2) is 34.9 Å². The van der Waals surface area contributed by atoms with Gasteiger partial charge in [-0.1, -0.05) is 15.9 Å². The van der Waals surface area contributed by atoms with E-state index in [2.05, 4.69) is 20.9 Å². The Labute approximate surface area is 116 Å². The summed E-state index contributed by atoms with van der Waals surface area (Å²) < 4.78 is 19.5. The Morgan fingerprint density at radius 3 is 2.74 bits per heavy atom. The number of pyridine rings is 1. The van der Waals surface area contributed by atoms with Gasteiger partial charge in [-0.15, -0.1) is 0 Å². The summed E-state index contributed by atoms with van der Waals surface area (Å²) in [6.07, 6.45) is 1.07. The molecule has 0 aliphatic carbocycles. The molecule has 19 heavy (non-hydrogen) atoms. The van der Waals surface area contributed by atoms with Gasteiger partial charge in [-0.2, -0.15) is 0 Å². The number of nitrogens with zero attached hydrogens (tertiary/aromatic N) is 2. The fourth-order valence-corrected chi connectivity index (χ4v) is 1.75. The fourth-order valence-electron chi connectivity index (χ4n) is 1.42. The van der Waals surface area contributed by atoms with Crippen LogP contribution in [0.2, 0.25) is 0 Å². The normalized spacial score (nSPS) is 10.3. The van der Waals surface area contributed by atoms with Crippen LogP contribution < -0.4 is 4.74 Å². The number of halogens is 2. The van der Waals surface area contributed by atoms with Crippen LogP contribution >= 0.6 is 15.9 Å². The number of rotatable bonds is 3. The van der Waals surface area contributed by atoms with E-state index in [0.29, 0.717) is 10.0 Å². The highest BCUT2D eigenvalue weighted by Crippen LogP contribution is 2.28. The van der Waals surface area contributed by atoms with Gasteiger partial charge in [0.2, 0.25) is 5.88 Å². The predicted octanol–water partition coefficient (Wildman–Crippen LogP) is 3.99. The summed E-state index contributed by atoms with van der Waals surface area (Å²) in [6, 6.07) is 5.65. The van der Waals surface area contributed by atoms with Crippen LogP contribution in [-0.2, 0) is 0 Å². The zero-order valence-corrected chi connectivity index (χ0v) is 11.3. The molecule has 0 aliphatic rings. The molecule has 0 fully saturated rings. The zero-order chi connectivity index (χ0) is 14.0. The first kappa shape index (κ1) is 13.4. The molecule has 0 atom stereocenters. The van der Waals surface area contributed by atoms with Crippen molar-refractivity contribution in [3.05, 3.63) is 56.4 Å². The minimum absolute atomic E-state index is 0.00709. The molecule has 0 amide bonds. The number of aryl methyl sites for hydroxylation is 1. The van der Waals surface area contributed by atoms with Crippen LogP contribution in [-0.4, -0.2) is 9.91 Å². The van der Waals surface area contributed by atoms with Gasteiger partial charge in [-0.25, -0.2) is 9.37 Å². The van der Waals surface area contributed by atoms with Crippen molar-refractivity contribution < 1.29 is 14.1 Å². The minimum atomic E-state index is -0.552. The molecule has 98 valence electrons. The second kappa shape index (κ2) is 5.31. The Kier molecular flexibility index (Phi) is 3.75. The molecule has 0 saturated heterocycles. The van der Waals surface area contributed by atoms with E-state index >= 15 is 0 Å². The van der Waals surface area contributed by atoms with E-state index in [-0.39, 0.29) is 17.3 Å². The van der Waals surface area contributed by atoms with Gasteiger partial charge in [-0.05, 0) is 25.1 Å². The van der Waals surface area contributed by atoms with Gasteiger partial charge >= 0.3 is 0 Å². The van der Waals surface area contributed by atoms with E-state index in [1.807, 2.05) is 0 Å². The third-order valence-electron chi connectivity index (χ3n) is 2.33. The molecule has 0 bridgehead atoms. The number of benzene rings is 1. The molecule has 1 aromatic heterocycles. The standard InChI is InChI=1S/C12H8BrFN2O3/c1-7-4-9(16(17)18)6-15-12(7)19-11-3-2-8(13)5-10(11)14/h2-6H,1H3. The topological polar surface area (TPSA) is 65.3 Å². The van der Waals surface area contributed by atoms with Crippen molar-refractivity contribution in [3.63, 3.8) is 0 Å². The van der Waals surface area contributed by atoms with Crippen LogP contribution in [0.25, 0.3) is 0 Å². The maximum Gasteiger partial charge on any atom is 0.288 e. The molecule has 0 radical (unpaired) electrons. The van der Waals surface area contributed by atoms with Gasteiger partial charge in [0.05, 0.1) is 4.92 Å². The molecule has 5 nitrogen and oxygen atoms in total. The quantitative estimate of drug-likeness (QED) is 0.631. The lowest BCUT2D eigenvalue weighted by atomic mass is 10.3. The second-order valence-corrected chi connectivity index (χ2v) is 4.67. The summed E-state index contributed by atoms with van der Waals surface area (Å²) in [5, 5.41) is 10.6. The number of hydrogen-bond donors (Lipinski definition) is 0. The number of nitro groups is 1. The van der Waals surface area contributed by atoms with Crippen LogP contribution in [0.1, 0.15) is 5.56 Å². The Balaban J connectivity index is 2.31. The van der Waals surface area contributed by atoms with Crippen LogP contribution in [0.3, 0.4) is 0 Å². The summed E-state index contributed by atoms with van der Waals surface area (Å²) in [5.41, 5.74) is 0.317. The van der Waals surface area contributed by atoms with E-state index in [0.717, 1.165) is 6.20 Å².